The second-order valence-electron chi connectivity index (χ2n) is 9.68. The van der Waals surface area contributed by atoms with Crippen molar-refractivity contribution in [1.29, 1.82) is 0 Å². The van der Waals surface area contributed by atoms with E-state index in [0.29, 0.717) is 28.6 Å². The fraction of sp³-hybridized carbons (Fsp3) is 0.241. The van der Waals surface area contributed by atoms with E-state index in [2.05, 4.69) is 22.1 Å². The quantitative estimate of drug-likeness (QED) is 0.264. The first-order valence-electron chi connectivity index (χ1n) is 12.9. The van der Waals surface area contributed by atoms with Gasteiger partial charge in [0.25, 0.3) is 5.69 Å². The molecule has 6 rings (SSSR count). The number of H-pyrrole nitrogens is 1. The van der Waals surface area contributed by atoms with E-state index in [-0.39, 0.29) is 11.6 Å². The highest BCUT2D eigenvalue weighted by Gasteiger charge is 2.24. The maximum Gasteiger partial charge on any atom is 0.269 e. The van der Waals surface area contributed by atoms with Gasteiger partial charge in [-0.1, -0.05) is 19.1 Å². The zero-order valence-electron chi connectivity index (χ0n) is 21.0. The fourth-order valence-electron chi connectivity index (χ4n) is 5.30. The molecular formula is C29H28N6O3. The van der Waals surface area contributed by atoms with Crippen LogP contribution >= 0.6 is 0 Å². The summed E-state index contributed by atoms with van der Waals surface area (Å²) in [7, 11) is 0. The van der Waals surface area contributed by atoms with Gasteiger partial charge in [0.05, 0.1) is 21.2 Å². The van der Waals surface area contributed by atoms with Gasteiger partial charge in [0, 0.05) is 53.4 Å². The van der Waals surface area contributed by atoms with Crippen LogP contribution in [0.25, 0.3) is 16.5 Å². The first kappa shape index (κ1) is 23.9. The molecule has 2 aliphatic heterocycles. The van der Waals surface area contributed by atoms with Crippen LogP contribution in [0.15, 0.2) is 82.5 Å². The Kier molecular flexibility index (Phi) is 6.13. The van der Waals surface area contributed by atoms with E-state index in [9.17, 15) is 15.2 Å². The van der Waals surface area contributed by atoms with E-state index in [1.807, 2.05) is 42.5 Å². The van der Waals surface area contributed by atoms with E-state index in [1.165, 1.54) is 12.1 Å². The summed E-state index contributed by atoms with van der Waals surface area (Å²) in [6.45, 7) is 5.42. The summed E-state index contributed by atoms with van der Waals surface area (Å²) in [5.74, 6) is 0.442. The van der Waals surface area contributed by atoms with E-state index in [0.717, 1.165) is 59.8 Å². The van der Waals surface area contributed by atoms with Gasteiger partial charge in [0.15, 0.2) is 11.7 Å². The monoisotopic (exact) mass is 508 g/mol. The summed E-state index contributed by atoms with van der Waals surface area (Å²) in [4.78, 5) is 25.9. The lowest BCUT2D eigenvalue weighted by atomic mass is 9.96. The van der Waals surface area contributed by atoms with Gasteiger partial charge < -0.3 is 20.3 Å². The van der Waals surface area contributed by atoms with E-state index < -0.39 is 4.92 Å². The number of nitrogens with zero attached hydrogens (tertiary/aromatic N) is 4. The minimum Gasteiger partial charge on any atom is -0.494 e. The SMILES string of the molecule is CCN1CCC(Nc2ccc3[nH]c(O)c(C(=C4N=c5ccccc5=N4)c4ccc([N+](=O)[O-])cc4)c3c2)CC1. The van der Waals surface area contributed by atoms with Gasteiger partial charge in [0.2, 0.25) is 0 Å². The topological polar surface area (TPSA) is 119 Å². The molecule has 3 N–H and O–H groups in total. The minimum absolute atomic E-state index is 0.00406. The molecule has 0 aliphatic carbocycles. The average molecular weight is 509 g/mol. The number of piperidine rings is 1. The Balaban J connectivity index is 1.47. The van der Waals surface area contributed by atoms with Crippen molar-refractivity contribution in [2.24, 2.45) is 9.98 Å². The maximum absolute atomic E-state index is 11.3. The predicted molar refractivity (Wildman–Crippen MR) is 147 cm³/mol. The summed E-state index contributed by atoms with van der Waals surface area (Å²) < 4.78 is 0. The zero-order chi connectivity index (χ0) is 26.2. The fourth-order valence-corrected chi connectivity index (χ4v) is 5.30. The number of aromatic amines is 1. The molecule has 3 heterocycles. The van der Waals surface area contributed by atoms with Gasteiger partial charge in [-0.2, -0.15) is 0 Å². The molecule has 0 bridgehead atoms. The maximum atomic E-state index is 11.3. The molecule has 3 aromatic carbocycles. The average Bonchev–Trinajstić information content (AvgIpc) is 3.50. The van der Waals surface area contributed by atoms with Crippen molar-refractivity contribution < 1.29 is 10.0 Å². The number of hydrogen-bond donors (Lipinski definition) is 3. The second-order valence-corrected chi connectivity index (χ2v) is 9.68. The Labute approximate surface area is 219 Å². The Bertz CT molecular complexity index is 1640. The number of aromatic nitrogens is 1. The normalized spacial score (nSPS) is 15.7. The van der Waals surface area contributed by atoms with Crippen molar-refractivity contribution in [3.63, 3.8) is 0 Å². The van der Waals surface area contributed by atoms with Crippen LogP contribution < -0.4 is 16.0 Å². The number of hydrogen-bond acceptors (Lipinski definition) is 7. The van der Waals surface area contributed by atoms with Crippen LogP contribution in [0.5, 0.6) is 5.88 Å². The third kappa shape index (κ3) is 4.41. The molecule has 0 saturated carbocycles. The first-order chi connectivity index (χ1) is 18.5. The van der Waals surface area contributed by atoms with E-state index in [1.54, 1.807) is 12.1 Å². The molecule has 1 aromatic heterocycles. The van der Waals surface area contributed by atoms with Gasteiger partial charge in [-0.05, 0) is 67.4 Å². The van der Waals surface area contributed by atoms with Crippen LogP contribution in [0.3, 0.4) is 0 Å². The lowest BCUT2D eigenvalue weighted by Crippen LogP contribution is -2.38. The highest BCUT2D eigenvalue weighted by molar-refractivity contribution is 6.01. The van der Waals surface area contributed by atoms with Crippen LogP contribution in [0.4, 0.5) is 11.4 Å². The van der Waals surface area contributed by atoms with Gasteiger partial charge in [-0.3, -0.25) is 10.1 Å². The van der Waals surface area contributed by atoms with Crippen LogP contribution in [0.2, 0.25) is 0 Å². The molecule has 2 aliphatic rings. The van der Waals surface area contributed by atoms with Crippen LogP contribution in [-0.4, -0.2) is 45.6 Å². The summed E-state index contributed by atoms with van der Waals surface area (Å²) in [5, 5.41) is 28.4. The lowest BCUT2D eigenvalue weighted by molar-refractivity contribution is -0.384. The number of nitro groups is 1. The first-order valence-corrected chi connectivity index (χ1v) is 12.9. The number of fused-ring (bicyclic) bond motifs is 2. The highest BCUT2D eigenvalue weighted by atomic mass is 16.6. The summed E-state index contributed by atoms with van der Waals surface area (Å²) in [6.07, 6.45) is 2.15. The number of likely N-dealkylation sites (tertiary alicyclic amines) is 1. The third-order valence-electron chi connectivity index (χ3n) is 7.36. The molecule has 0 spiro atoms. The number of para-hydroxylation sites is 2. The van der Waals surface area contributed by atoms with E-state index in [4.69, 9.17) is 9.98 Å². The van der Waals surface area contributed by atoms with Crippen molar-refractivity contribution in [3.05, 3.63) is 105 Å². The van der Waals surface area contributed by atoms with Gasteiger partial charge >= 0.3 is 0 Å². The van der Waals surface area contributed by atoms with Crippen LogP contribution in [0.1, 0.15) is 30.9 Å². The minimum atomic E-state index is -0.428. The predicted octanol–water partition coefficient (Wildman–Crippen LogP) is 4.35. The Morgan fingerprint density at radius 2 is 1.76 bits per heavy atom. The molecule has 0 amide bonds. The van der Waals surface area contributed by atoms with Crippen molar-refractivity contribution in [3.8, 4) is 5.88 Å². The standard InChI is InChI=1S/C29H28N6O3/c1-2-34-15-13-19(14-16-34)30-20-9-12-23-22(17-20)27(29(36)33-23)26(18-7-10-21(11-8-18)35(37)38)28-31-24-5-3-4-6-25(24)32-28/h3-12,17,19,30,33,36H,2,13-16H2,1H3. The molecule has 192 valence electrons. The summed E-state index contributed by atoms with van der Waals surface area (Å²) in [6, 6.07) is 20.3. The second kappa shape index (κ2) is 9.75. The third-order valence-corrected chi connectivity index (χ3v) is 7.36. The number of benzene rings is 3. The van der Waals surface area contributed by atoms with Gasteiger partial charge in [0.1, 0.15) is 0 Å². The van der Waals surface area contributed by atoms with Crippen molar-refractivity contribution >= 4 is 27.9 Å². The number of rotatable bonds is 6. The summed E-state index contributed by atoms with van der Waals surface area (Å²) in [5.41, 5.74) is 3.59. The Morgan fingerprint density at radius 1 is 1.08 bits per heavy atom. The number of nitrogens with one attached hydrogen (secondary N) is 2. The molecular weight excluding hydrogens is 480 g/mol. The molecule has 0 atom stereocenters. The molecule has 38 heavy (non-hydrogen) atoms. The number of non-ortho nitro benzene ring substituents is 1. The number of nitro benzene ring substituents is 1. The summed E-state index contributed by atoms with van der Waals surface area (Å²) >= 11 is 0. The smallest absolute Gasteiger partial charge is 0.269 e. The number of aromatic hydroxyl groups is 1. The van der Waals surface area contributed by atoms with Crippen molar-refractivity contribution in [2.75, 3.05) is 25.0 Å². The molecule has 1 saturated heterocycles. The largest absolute Gasteiger partial charge is 0.494 e. The Morgan fingerprint density at radius 3 is 2.39 bits per heavy atom. The van der Waals surface area contributed by atoms with Gasteiger partial charge in [-0.25, -0.2) is 9.98 Å². The molecule has 9 heteroatoms. The molecule has 9 nitrogen and oxygen atoms in total. The van der Waals surface area contributed by atoms with Crippen molar-refractivity contribution in [1.82, 2.24) is 9.88 Å². The highest BCUT2D eigenvalue weighted by Crippen LogP contribution is 2.40. The zero-order valence-corrected chi connectivity index (χ0v) is 21.0. The van der Waals surface area contributed by atoms with E-state index >= 15 is 0 Å². The van der Waals surface area contributed by atoms with Crippen LogP contribution in [0, 0.1) is 10.1 Å². The molecule has 1 fully saturated rings. The van der Waals surface area contributed by atoms with Crippen LogP contribution in [-0.2, 0) is 0 Å². The number of anilines is 1. The Hall–Kier alpha value is -4.50. The molecule has 0 unspecified atom stereocenters. The molecule has 4 aromatic rings. The lowest BCUT2D eigenvalue weighted by Gasteiger charge is -2.32. The van der Waals surface area contributed by atoms with Gasteiger partial charge in [-0.15, -0.1) is 0 Å². The van der Waals surface area contributed by atoms with Crippen molar-refractivity contribution in [2.45, 2.75) is 25.8 Å². The molecule has 0 radical (unpaired) electrons.